The Labute approximate surface area is 138 Å². The van der Waals surface area contributed by atoms with Crippen molar-refractivity contribution in [2.45, 2.75) is 51.1 Å². The molecule has 0 aliphatic rings. The minimum absolute atomic E-state index is 0.388. The van der Waals surface area contributed by atoms with Gasteiger partial charge in [0, 0.05) is 0 Å². The summed E-state index contributed by atoms with van der Waals surface area (Å²) in [7, 11) is 0. The Morgan fingerprint density at radius 1 is 0.875 bits per heavy atom. The molecule has 0 spiro atoms. The molecule has 0 aromatic carbocycles. The number of aliphatic carboxylic acids is 1. The molecule has 24 heavy (non-hydrogen) atoms. The maximum Gasteiger partial charge on any atom is 0.328 e. The summed E-state index contributed by atoms with van der Waals surface area (Å²) in [5.41, 5.74) is 5.11. The topological polar surface area (TPSA) is 191 Å². The zero-order chi connectivity index (χ0) is 19.0. The van der Waals surface area contributed by atoms with Crippen LogP contribution >= 0.6 is 0 Å². The monoisotopic (exact) mass is 348 g/mol. The van der Waals surface area contributed by atoms with E-state index in [0.717, 1.165) is 0 Å². The number of hydrogen-bond donors (Lipinski definition) is 7. The second kappa shape index (κ2) is 9.80. The van der Waals surface area contributed by atoms with E-state index in [4.69, 9.17) is 10.8 Å². The van der Waals surface area contributed by atoms with Crippen LogP contribution in [0.1, 0.15) is 20.8 Å². The largest absolute Gasteiger partial charge is 0.480 e. The number of carbonyl (C=O) groups excluding carboxylic acids is 3. The fourth-order valence-corrected chi connectivity index (χ4v) is 1.67. The smallest absolute Gasteiger partial charge is 0.328 e. The van der Waals surface area contributed by atoms with Gasteiger partial charge in [-0.15, -0.1) is 0 Å². The van der Waals surface area contributed by atoms with Crippen LogP contribution in [0.3, 0.4) is 0 Å². The molecular weight excluding hydrogens is 324 g/mol. The van der Waals surface area contributed by atoms with E-state index >= 15 is 0 Å². The molecule has 0 radical (unpaired) electrons. The highest BCUT2D eigenvalue weighted by molar-refractivity contribution is 5.93. The minimum atomic E-state index is -1.54. The number of aliphatic hydroxyl groups is 2. The van der Waals surface area contributed by atoms with Gasteiger partial charge in [-0.2, -0.15) is 0 Å². The zero-order valence-electron chi connectivity index (χ0n) is 13.6. The second-order valence-electron chi connectivity index (χ2n) is 5.29. The van der Waals surface area contributed by atoms with Gasteiger partial charge in [0.2, 0.25) is 17.7 Å². The summed E-state index contributed by atoms with van der Waals surface area (Å²) >= 11 is 0. The van der Waals surface area contributed by atoms with E-state index < -0.39 is 54.0 Å². The Morgan fingerprint density at radius 2 is 1.38 bits per heavy atom. The molecule has 0 bridgehead atoms. The van der Waals surface area contributed by atoms with Crippen molar-refractivity contribution in [2.24, 2.45) is 5.73 Å². The van der Waals surface area contributed by atoms with Crippen LogP contribution in [0.2, 0.25) is 0 Å². The lowest BCUT2D eigenvalue weighted by Gasteiger charge is -2.24. The molecule has 0 aromatic rings. The van der Waals surface area contributed by atoms with Gasteiger partial charge in [0.1, 0.15) is 12.1 Å². The predicted octanol–water partition coefficient (Wildman–Crippen LogP) is -3.73. The highest BCUT2D eigenvalue weighted by Gasteiger charge is 2.30. The third-order valence-electron chi connectivity index (χ3n) is 3.07. The second-order valence-corrected chi connectivity index (χ2v) is 5.29. The highest BCUT2D eigenvalue weighted by Crippen LogP contribution is 1.98. The molecule has 0 aromatic heterocycles. The third kappa shape index (κ3) is 6.89. The molecule has 11 nitrogen and oxygen atoms in total. The minimum Gasteiger partial charge on any atom is -0.480 e. The molecule has 0 rings (SSSR count). The first kappa shape index (κ1) is 21.8. The van der Waals surface area contributed by atoms with Crippen molar-refractivity contribution in [3.8, 4) is 0 Å². The quantitative estimate of drug-likeness (QED) is 0.221. The van der Waals surface area contributed by atoms with Crippen LogP contribution in [0.5, 0.6) is 0 Å². The number of hydrogen-bond acceptors (Lipinski definition) is 7. The highest BCUT2D eigenvalue weighted by atomic mass is 16.4. The number of rotatable bonds is 9. The number of carboxylic acids is 1. The fourth-order valence-electron chi connectivity index (χ4n) is 1.67. The Kier molecular flexibility index (Phi) is 8.89. The van der Waals surface area contributed by atoms with E-state index in [2.05, 4.69) is 16.0 Å². The van der Waals surface area contributed by atoms with Gasteiger partial charge in [-0.25, -0.2) is 4.79 Å². The summed E-state index contributed by atoms with van der Waals surface area (Å²) in [6, 6.07) is -4.04. The lowest BCUT2D eigenvalue weighted by Crippen LogP contribution is -2.58. The van der Waals surface area contributed by atoms with Gasteiger partial charge >= 0.3 is 5.97 Å². The number of carboxylic acid groups (broad SMARTS) is 1. The van der Waals surface area contributed by atoms with E-state index in [0.29, 0.717) is 0 Å². The fraction of sp³-hybridized carbons (Fsp3) is 0.692. The van der Waals surface area contributed by atoms with E-state index in [-0.39, 0.29) is 6.54 Å². The molecule has 8 N–H and O–H groups in total. The van der Waals surface area contributed by atoms with Crippen LogP contribution < -0.4 is 21.7 Å². The zero-order valence-corrected chi connectivity index (χ0v) is 13.6. The van der Waals surface area contributed by atoms with Crippen LogP contribution in [0.25, 0.3) is 0 Å². The van der Waals surface area contributed by atoms with Crippen LogP contribution in [0.4, 0.5) is 0 Å². The lowest BCUT2D eigenvalue weighted by molar-refractivity contribution is -0.145. The van der Waals surface area contributed by atoms with Crippen molar-refractivity contribution < 1.29 is 34.5 Å². The normalized spacial score (nSPS) is 16.9. The average molecular weight is 348 g/mol. The van der Waals surface area contributed by atoms with Crippen molar-refractivity contribution in [3.63, 3.8) is 0 Å². The molecular formula is C13H24N4O7. The van der Waals surface area contributed by atoms with E-state index in [9.17, 15) is 29.4 Å². The van der Waals surface area contributed by atoms with Crippen molar-refractivity contribution in [1.29, 1.82) is 0 Å². The standard InChI is InChI=1S/C13H24N4O7/c1-5(11(21)17-10(7(3)19)13(23)24)15-12(22)9(6(2)18)16-8(20)4-14/h5-7,9-10,18-19H,4,14H2,1-3H3,(H,15,22)(H,16,20)(H,17,21)(H,23,24)/t5-,6+,7+,9-,10-/m0/s1. The Bertz CT molecular complexity index is 481. The molecule has 3 amide bonds. The maximum atomic E-state index is 12.0. The Balaban J connectivity index is 4.84. The number of nitrogens with one attached hydrogen (secondary N) is 3. The number of nitrogens with two attached hydrogens (primary N) is 1. The SMILES string of the molecule is C[C@H](NC(=O)[C@@H](NC(=O)CN)[C@@H](C)O)C(=O)N[C@H](C(=O)O)[C@@H](C)O. The molecule has 0 aliphatic heterocycles. The maximum absolute atomic E-state index is 12.0. The average Bonchev–Trinajstić information content (AvgIpc) is 2.48. The molecule has 138 valence electrons. The van der Waals surface area contributed by atoms with Gasteiger partial charge in [-0.1, -0.05) is 0 Å². The molecule has 0 saturated heterocycles. The van der Waals surface area contributed by atoms with Gasteiger partial charge in [-0.3, -0.25) is 14.4 Å². The van der Waals surface area contributed by atoms with E-state index in [1.807, 2.05) is 0 Å². The first-order valence-corrected chi connectivity index (χ1v) is 7.20. The first-order valence-electron chi connectivity index (χ1n) is 7.20. The molecule has 0 unspecified atom stereocenters. The van der Waals surface area contributed by atoms with Crippen LogP contribution in [0.15, 0.2) is 0 Å². The van der Waals surface area contributed by atoms with Gasteiger partial charge in [0.05, 0.1) is 18.8 Å². The lowest BCUT2D eigenvalue weighted by atomic mass is 10.1. The van der Waals surface area contributed by atoms with Crippen molar-refractivity contribution in [3.05, 3.63) is 0 Å². The van der Waals surface area contributed by atoms with E-state index in [1.54, 1.807) is 0 Å². The molecule has 0 aliphatic carbocycles. The molecule has 0 saturated carbocycles. The summed E-state index contributed by atoms with van der Waals surface area (Å²) in [5.74, 6) is -3.81. The summed E-state index contributed by atoms with van der Waals surface area (Å²) in [5, 5.41) is 34.2. The Morgan fingerprint density at radius 3 is 1.75 bits per heavy atom. The van der Waals surface area contributed by atoms with Crippen molar-refractivity contribution >= 4 is 23.7 Å². The molecule has 11 heteroatoms. The molecule has 5 atom stereocenters. The van der Waals surface area contributed by atoms with Gasteiger partial charge < -0.3 is 37.0 Å². The number of amides is 3. The van der Waals surface area contributed by atoms with Crippen molar-refractivity contribution in [2.75, 3.05) is 6.54 Å². The molecule has 0 heterocycles. The van der Waals surface area contributed by atoms with Crippen LogP contribution in [0, 0.1) is 0 Å². The first-order chi connectivity index (χ1) is 11.0. The van der Waals surface area contributed by atoms with Crippen LogP contribution in [-0.4, -0.2) is 75.9 Å². The number of aliphatic hydroxyl groups excluding tert-OH is 2. The van der Waals surface area contributed by atoms with Crippen LogP contribution in [-0.2, 0) is 19.2 Å². The van der Waals surface area contributed by atoms with Gasteiger partial charge in [0.25, 0.3) is 0 Å². The summed E-state index contributed by atoms with van der Waals surface area (Å²) < 4.78 is 0. The summed E-state index contributed by atoms with van der Waals surface area (Å²) in [4.78, 5) is 46.1. The summed E-state index contributed by atoms with van der Waals surface area (Å²) in [6.07, 6.45) is -2.59. The van der Waals surface area contributed by atoms with Gasteiger partial charge in [-0.05, 0) is 20.8 Å². The summed E-state index contributed by atoms with van der Waals surface area (Å²) in [6.45, 7) is 3.34. The predicted molar refractivity (Wildman–Crippen MR) is 81.5 cm³/mol. The Hall–Kier alpha value is -2.24. The van der Waals surface area contributed by atoms with Crippen molar-refractivity contribution in [1.82, 2.24) is 16.0 Å². The molecule has 0 fully saturated rings. The third-order valence-corrected chi connectivity index (χ3v) is 3.07. The number of carbonyl (C=O) groups is 4. The van der Waals surface area contributed by atoms with E-state index in [1.165, 1.54) is 20.8 Å². The van der Waals surface area contributed by atoms with Gasteiger partial charge in [0.15, 0.2) is 6.04 Å².